The molecule has 2 heterocycles. The number of nitrogens with zero attached hydrogens (tertiary/aromatic N) is 3. The van der Waals surface area contributed by atoms with Crippen LogP contribution in [0.3, 0.4) is 0 Å². The molecule has 1 aromatic rings. The van der Waals surface area contributed by atoms with Gasteiger partial charge in [-0.3, -0.25) is 9.58 Å². The predicted octanol–water partition coefficient (Wildman–Crippen LogP) is 1.92. The van der Waals surface area contributed by atoms with Crippen molar-refractivity contribution in [3.05, 3.63) is 18.0 Å². The van der Waals surface area contributed by atoms with Crippen LogP contribution in [0, 0.1) is 0 Å². The molecule has 1 aromatic heterocycles. The average Bonchev–Trinajstić information content (AvgIpc) is 3.01. The Balaban J connectivity index is 1.59. The fourth-order valence-electron chi connectivity index (χ4n) is 3.25. The van der Waals surface area contributed by atoms with Gasteiger partial charge in [0.1, 0.15) is 0 Å². The molecule has 18 heavy (non-hydrogen) atoms. The minimum absolute atomic E-state index is 0.366. The van der Waals surface area contributed by atoms with Gasteiger partial charge in [-0.15, -0.1) is 0 Å². The highest BCUT2D eigenvalue weighted by atomic mass is 15.3. The zero-order chi connectivity index (χ0) is 12.4. The van der Waals surface area contributed by atoms with Crippen molar-refractivity contribution < 1.29 is 0 Å². The third kappa shape index (κ3) is 2.75. The molecule has 2 fully saturated rings. The Labute approximate surface area is 109 Å². The van der Waals surface area contributed by atoms with Gasteiger partial charge in [0.2, 0.25) is 0 Å². The van der Waals surface area contributed by atoms with Crippen LogP contribution in [0.25, 0.3) is 0 Å². The Hall–Kier alpha value is -0.870. The summed E-state index contributed by atoms with van der Waals surface area (Å²) in [6, 6.07) is 3.19. The first-order valence-electron chi connectivity index (χ1n) is 7.33. The number of hydrogen-bond acceptors (Lipinski definition) is 3. The summed E-state index contributed by atoms with van der Waals surface area (Å²) in [5.74, 6) is 0. The second-order valence-corrected chi connectivity index (χ2v) is 5.86. The maximum Gasteiger partial charge on any atom is 0.0764 e. The van der Waals surface area contributed by atoms with Gasteiger partial charge in [-0.2, -0.15) is 5.10 Å². The van der Waals surface area contributed by atoms with E-state index in [1.54, 1.807) is 0 Å². The van der Waals surface area contributed by atoms with Crippen LogP contribution in [-0.2, 0) is 6.54 Å². The van der Waals surface area contributed by atoms with Crippen LogP contribution in [-0.4, -0.2) is 33.8 Å². The molecule has 0 radical (unpaired) electrons. The highest BCUT2D eigenvalue weighted by Gasteiger charge is 2.20. The maximum atomic E-state index is 5.93. The van der Waals surface area contributed by atoms with Crippen LogP contribution in [0.4, 0.5) is 0 Å². The second-order valence-electron chi connectivity index (χ2n) is 5.86. The number of rotatable bonds is 3. The van der Waals surface area contributed by atoms with E-state index in [0.717, 1.165) is 26.1 Å². The normalized spacial score (nSPS) is 26.8. The highest BCUT2D eigenvalue weighted by molar-refractivity contribution is 5.01. The van der Waals surface area contributed by atoms with E-state index in [1.807, 2.05) is 0 Å². The van der Waals surface area contributed by atoms with Gasteiger partial charge in [-0.1, -0.05) is 19.3 Å². The SMILES string of the molecule is NC1CCN(Cc2ccn(C3CCCCC3)n2)C1. The first kappa shape index (κ1) is 12.2. The molecular weight excluding hydrogens is 224 g/mol. The van der Waals surface area contributed by atoms with E-state index in [1.165, 1.54) is 37.8 Å². The molecule has 1 unspecified atom stereocenters. The van der Waals surface area contributed by atoms with Gasteiger partial charge < -0.3 is 5.73 Å². The van der Waals surface area contributed by atoms with E-state index in [-0.39, 0.29) is 0 Å². The summed E-state index contributed by atoms with van der Waals surface area (Å²) in [6.45, 7) is 3.11. The molecule has 0 bridgehead atoms. The smallest absolute Gasteiger partial charge is 0.0764 e. The van der Waals surface area contributed by atoms with E-state index in [2.05, 4.69) is 21.8 Å². The minimum Gasteiger partial charge on any atom is -0.326 e. The zero-order valence-corrected chi connectivity index (χ0v) is 11.1. The Bertz CT molecular complexity index is 381. The van der Waals surface area contributed by atoms with Gasteiger partial charge >= 0.3 is 0 Å². The topological polar surface area (TPSA) is 47.1 Å². The van der Waals surface area contributed by atoms with Crippen LogP contribution in [0.15, 0.2) is 12.3 Å². The average molecular weight is 248 g/mol. The van der Waals surface area contributed by atoms with Crippen LogP contribution in [0.5, 0.6) is 0 Å². The monoisotopic (exact) mass is 248 g/mol. The van der Waals surface area contributed by atoms with E-state index in [4.69, 9.17) is 10.8 Å². The van der Waals surface area contributed by atoms with Crippen molar-refractivity contribution in [2.75, 3.05) is 13.1 Å². The predicted molar refractivity (Wildman–Crippen MR) is 72.2 cm³/mol. The summed E-state index contributed by atoms with van der Waals surface area (Å²) >= 11 is 0. The first-order valence-corrected chi connectivity index (χ1v) is 7.33. The van der Waals surface area contributed by atoms with Crippen molar-refractivity contribution in [2.24, 2.45) is 5.73 Å². The van der Waals surface area contributed by atoms with Gasteiger partial charge in [-0.25, -0.2) is 0 Å². The standard InChI is InChI=1S/C14H24N4/c15-12-6-8-17(10-12)11-13-7-9-18(16-13)14-4-2-1-3-5-14/h7,9,12,14H,1-6,8,10-11,15H2. The van der Waals surface area contributed by atoms with Gasteiger partial charge in [-0.05, 0) is 25.3 Å². The van der Waals surface area contributed by atoms with Gasteiger partial charge in [0.05, 0.1) is 11.7 Å². The molecule has 0 spiro atoms. The summed E-state index contributed by atoms with van der Waals surface area (Å²) in [7, 11) is 0. The lowest BCUT2D eigenvalue weighted by Gasteiger charge is -2.22. The van der Waals surface area contributed by atoms with Crippen LogP contribution < -0.4 is 5.73 Å². The van der Waals surface area contributed by atoms with E-state index in [9.17, 15) is 0 Å². The fraction of sp³-hybridized carbons (Fsp3) is 0.786. The second kappa shape index (κ2) is 5.41. The highest BCUT2D eigenvalue weighted by Crippen LogP contribution is 2.27. The molecule has 0 aromatic carbocycles. The van der Waals surface area contributed by atoms with E-state index >= 15 is 0 Å². The van der Waals surface area contributed by atoms with Crippen LogP contribution in [0.1, 0.15) is 50.3 Å². The molecule has 2 aliphatic rings. The Morgan fingerprint density at radius 3 is 2.78 bits per heavy atom. The van der Waals surface area contributed by atoms with Crippen molar-refractivity contribution in [1.29, 1.82) is 0 Å². The quantitative estimate of drug-likeness (QED) is 0.889. The lowest BCUT2D eigenvalue weighted by molar-refractivity contribution is 0.307. The summed E-state index contributed by atoms with van der Waals surface area (Å²) < 4.78 is 2.20. The van der Waals surface area contributed by atoms with Crippen LogP contribution in [0.2, 0.25) is 0 Å². The molecule has 2 N–H and O–H groups in total. The fourth-order valence-corrected chi connectivity index (χ4v) is 3.25. The Kier molecular flexibility index (Phi) is 3.66. The molecule has 3 rings (SSSR count). The summed E-state index contributed by atoms with van der Waals surface area (Å²) in [5, 5.41) is 4.76. The summed E-state index contributed by atoms with van der Waals surface area (Å²) in [4.78, 5) is 2.41. The Morgan fingerprint density at radius 1 is 1.22 bits per heavy atom. The van der Waals surface area contributed by atoms with E-state index < -0.39 is 0 Å². The van der Waals surface area contributed by atoms with Crippen LogP contribution >= 0.6 is 0 Å². The molecular formula is C14H24N4. The van der Waals surface area contributed by atoms with Gasteiger partial charge in [0, 0.05) is 31.9 Å². The molecule has 4 heteroatoms. The van der Waals surface area contributed by atoms with Crippen molar-refractivity contribution in [1.82, 2.24) is 14.7 Å². The first-order chi connectivity index (χ1) is 8.81. The number of nitrogens with two attached hydrogens (primary N) is 1. The van der Waals surface area contributed by atoms with Crippen molar-refractivity contribution >= 4 is 0 Å². The molecule has 4 nitrogen and oxygen atoms in total. The molecule has 0 amide bonds. The third-order valence-electron chi connectivity index (χ3n) is 4.31. The number of aromatic nitrogens is 2. The Morgan fingerprint density at radius 2 is 2.06 bits per heavy atom. The minimum atomic E-state index is 0.366. The largest absolute Gasteiger partial charge is 0.326 e. The van der Waals surface area contributed by atoms with Crippen molar-refractivity contribution in [3.63, 3.8) is 0 Å². The molecule has 1 saturated carbocycles. The zero-order valence-electron chi connectivity index (χ0n) is 11.1. The maximum absolute atomic E-state index is 5.93. The number of likely N-dealkylation sites (tertiary alicyclic amines) is 1. The van der Waals surface area contributed by atoms with Gasteiger partial charge in [0.15, 0.2) is 0 Å². The van der Waals surface area contributed by atoms with E-state index in [0.29, 0.717) is 12.1 Å². The van der Waals surface area contributed by atoms with Crippen molar-refractivity contribution in [2.45, 2.75) is 57.2 Å². The molecule has 1 atom stereocenters. The van der Waals surface area contributed by atoms with Crippen molar-refractivity contribution in [3.8, 4) is 0 Å². The lowest BCUT2D eigenvalue weighted by Crippen LogP contribution is -2.26. The molecule has 1 aliphatic carbocycles. The van der Waals surface area contributed by atoms with Gasteiger partial charge in [0.25, 0.3) is 0 Å². The molecule has 1 aliphatic heterocycles. The lowest BCUT2D eigenvalue weighted by atomic mass is 9.96. The molecule has 100 valence electrons. The molecule has 1 saturated heterocycles. The number of hydrogen-bond donors (Lipinski definition) is 1. The third-order valence-corrected chi connectivity index (χ3v) is 4.31. The summed E-state index contributed by atoms with van der Waals surface area (Å²) in [5.41, 5.74) is 7.14. The summed E-state index contributed by atoms with van der Waals surface area (Å²) in [6.07, 6.45) is 10.0.